The molecule has 0 aliphatic rings. The maximum Gasteiger partial charge on any atom is 0.123 e. The molecular weight excluding hydrogens is 639 g/mol. The summed E-state index contributed by atoms with van der Waals surface area (Å²) < 4.78 is 28.3. The van der Waals surface area contributed by atoms with Crippen LogP contribution in [0.2, 0.25) is 0 Å². The molecule has 2 heteroatoms. The molecule has 0 nitrogen and oxygen atoms in total. The molecule has 0 aliphatic carbocycles. The normalized spacial score (nSPS) is 11.9. The molecular formula is C50H36F2. The third-order valence-corrected chi connectivity index (χ3v) is 10.5. The SMILES string of the molecule is CC(C)(C)c1cc(-c2c3ccccc3c(-c3ccc(F)cc3)c3ccccc23)cc(-c2c3ccccc3c(-c3ccc(F)cc3)c3ccccc23)c1. The molecule has 0 N–H and O–H groups in total. The Hall–Kier alpha value is -6.12. The number of rotatable bonds is 4. The zero-order valence-corrected chi connectivity index (χ0v) is 29.3. The van der Waals surface area contributed by atoms with Crippen LogP contribution in [0.15, 0.2) is 164 Å². The highest BCUT2D eigenvalue weighted by molar-refractivity contribution is 6.23. The van der Waals surface area contributed by atoms with Crippen LogP contribution in [-0.4, -0.2) is 0 Å². The van der Waals surface area contributed by atoms with Gasteiger partial charge in [0.15, 0.2) is 0 Å². The molecule has 9 aromatic rings. The quantitative estimate of drug-likeness (QED) is 0.163. The second kappa shape index (κ2) is 12.3. The predicted molar refractivity (Wildman–Crippen MR) is 217 cm³/mol. The monoisotopic (exact) mass is 674 g/mol. The number of fused-ring (bicyclic) bond motifs is 4. The number of halogens is 2. The van der Waals surface area contributed by atoms with Crippen LogP contribution >= 0.6 is 0 Å². The maximum atomic E-state index is 14.1. The first kappa shape index (κ1) is 31.8. The van der Waals surface area contributed by atoms with E-state index in [1.165, 1.54) is 16.7 Å². The molecule has 0 spiro atoms. The van der Waals surface area contributed by atoms with Crippen molar-refractivity contribution >= 4 is 43.1 Å². The van der Waals surface area contributed by atoms with Crippen LogP contribution in [0.5, 0.6) is 0 Å². The van der Waals surface area contributed by atoms with Gasteiger partial charge in [0.2, 0.25) is 0 Å². The molecule has 250 valence electrons. The third-order valence-electron chi connectivity index (χ3n) is 10.5. The maximum absolute atomic E-state index is 14.1. The summed E-state index contributed by atoms with van der Waals surface area (Å²) in [5.41, 5.74) is 9.96. The van der Waals surface area contributed by atoms with Crippen molar-refractivity contribution in [3.8, 4) is 44.5 Å². The Labute approximate surface area is 302 Å². The zero-order valence-electron chi connectivity index (χ0n) is 29.3. The highest BCUT2D eigenvalue weighted by atomic mass is 19.1. The van der Waals surface area contributed by atoms with Crippen molar-refractivity contribution in [2.24, 2.45) is 0 Å². The Kier molecular flexibility index (Phi) is 7.52. The lowest BCUT2D eigenvalue weighted by Crippen LogP contribution is -2.11. The first-order chi connectivity index (χ1) is 25.3. The van der Waals surface area contributed by atoms with Crippen LogP contribution in [0.4, 0.5) is 8.78 Å². The summed E-state index contributed by atoms with van der Waals surface area (Å²) in [7, 11) is 0. The zero-order chi connectivity index (χ0) is 35.6. The van der Waals surface area contributed by atoms with Gasteiger partial charge in [-0.25, -0.2) is 8.78 Å². The minimum atomic E-state index is -0.244. The predicted octanol–water partition coefficient (Wildman–Crippen LogP) is 14.5. The van der Waals surface area contributed by atoms with Gasteiger partial charge in [-0.2, -0.15) is 0 Å². The van der Waals surface area contributed by atoms with Crippen LogP contribution in [0.25, 0.3) is 87.6 Å². The minimum Gasteiger partial charge on any atom is -0.207 e. The third kappa shape index (κ3) is 5.26. The summed E-state index contributed by atoms with van der Waals surface area (Å²) in [6.07, 6.45) is 0. The molecule has 9 aromatic carbocycles. The van der Waals surface area contributed by atoms with Gasteiger partial charge in [-0.3, -0.25) is 0 Å². The second-order valence-corrected chi connectivity index (χ2v) is 14.7. The lowest BCUT2D eigenvalue weighted by Gasteiger charge is -2.24. The lowest BCUT2D eigenvalue weighted by atomic mass is 9.79. The van der Waals surface area contributed by atoms with Crippen molar-refractivity contribution in [2.45, 2.75) is 26.2 Å². The van der Waals surface area contributed by atoms with E-state index in [1.807, 2.05) is 24.3 Å². The van der Waals surface area contributed by atoms with Gasteiger partial charge in [0, 0.05) is 0 Å². The van der Waals surface area contributed by atoms with Crippen molar-refractivity contribution in [2.75, 3.05) is 0 Å². The molecule has 0 saturated carbocycles. The molecule has 52 heavy (non-hydrogen) atoms. The van der Waals surface area contributed by atoms with Crippen molar-refractivity contribution in [1.82, 2.24) is 0 Å². The fourth-order valence-corrected chi connectivity index (χ4v) is 8.08. The average molecular weight is 675 g/mol. The Balaban J connectivity index is 1.40. The Morgan fingerprint density at radius 1 is 0.308 bits per heavy atom. The number of hydrogen-bond donors (Lipinski definition) is 0. The summed E-state index contributed by atoms with van der Waals surface area (Å²) in [4.78, 5) is 0. The summed E-state index contributed by atoms with van der Waals surface area (Å²) in [5, 5.41) is 9.13. The van der Waals surface area contributed by atoms with Gasteiger partial charge in [-0.1, -0.05) is 154 Å². The first-order valence-corrected chi connectivity index (χ1v) is 17.8. The summed E-state index contributed by atoms with van der Waals surface area (Å²) >= 11 is 0. The van der Waals surface area contributed by atoms with Crippen LogP contribution < -0.4 is 0 Å². The van der Waals surface area contributed by atoms with Crippen LogP contribution in [0, 0.1) is 11.6 Å². The van der Waals surface area contributed by atoms with Gasteiger partial charge in [0.1, 0.15) is 11.6 Å². The molecule has 0 amide bonds. The van der Waals surface area contributed by atoms with E-state index in [2.05, 4.69) is 136 Å². The van der Waals surface area contributed by atoms with Crippen LogP contribution in [0.1, 0.15) is 26.3 Å². The summed E-state index contributed by atoms with van der Waals surface area (Å²) in [6, 6.07) is 55.2. The van der Waals surface area contributed by atoms with Gasteiger partial charge < -0.3 is 0 Å². The molecule has 0 fully saturated rings. The van der Waals surface area contributed by atoms with Crippen molar-refractivity contribution in [3.05, 3.63) is 181 Å². The van der Waals surface area contributed by atoms with E-state index >= 15 is 0 Å². The van der Waals surface area contributed by atoms with E-state index in [0.717, 1.165) is 76.5 Å². The molecule has 0 atom stereocenters. The van der Waals surface area contributed by atoms with Crippen molar-refractivity contribution in [3.63, 3.8) is 0 Å². The van der Waals surface area contributed by atoms with Gasteiger partial charge in [0.25, 0.3) is 0 Å². The fourth-order valence-electron chi connectivity index (χ4n) is 8.08. The molecule has 0 saturated heterocycles. The topological polar surface area (TPSA) is 0 Å². The summed E-state index contributed by atoms with van der Waals surface area (Å²) in [5.74, 6) is -0.488. The van der Waals surface area contributed by atoms with E-state index in [0.29, 0.717) is 0 Å². The molecule has 0 aromatic heterocycles. The van der Waals surface area contributed by atoms with E-state index in [1.54, 1.807) is 24.3 Å². The van der Waals surface area contributed by atoms with Gasteiger partial charge in [0.05, 0.1) is 0 Å². The largest absolute Gasteiger partial charge is 0.207 e. The van der Waals surface area contributed by atoms with Crippen molar-refractivity contribution < 1.29 is 8.78 Å². The number of hydrogen-bond acceptors (Lipinski definition) is 0. The summed E-state index contributed by atoms with van der Waals surface area (Å²) in [6.45, 7) is 6.83. The highest BCUT2D eigenvalue weighted by Gasteiger charge is 2.23. The van der Waals surface area contributed by atoms with Gasteiger partial charge in [-0.05, 0) is 129 Å². The second-order valence-electron chi connectivity index (χ2n) is 14.7. The standard InChI is InChI=1S/C50H36F2/c1-50(2,3)35-29-33(48-42-16-8-4-12-38(42)46(31-20-24-36(51)25-21-31)39-13-5-9-17-43(39)48)28-34(30-35)49-44-18-10-6-14-40(44)47(32-22-26-37(52)27-23-32)41-15-7-11-19-45(41)49/h4-30H,1-3H3. The van der Waals surface area contributed by atoms with Crippen LogP contribution in [-0.2, 0) is 5.41 Å². The van der Waals surface area contributed by atoms with Crippen LogP contribution in [0.3, 0.4) is 0 Å². The highest BCUT2D eigenvalue weighted by Crippen LogP contribution is 2.48. The van der Waals surface area contributed by atoms with Gasteiger partial charge >= 0.3 is 0 Å². The smallest absolute Gasteiger partial charge is 0.123 e. The molecule has 0 radical (unpaired) electrons. The Morgan fingerprint density at radius 3 is 0.808 bits per heavy atom. The Bertz CT molecular complexity index is 2520. The molecule has 9 rings (SSSR count). The van der Waals surface area contributed by atoms with Crippen molar-refractivity contribution in [1.29, 1.82) is 0 Å². The van der Waals surface area contributed by atoms with E-state index in [4.69, 9.17) is 0 Å². The van der Waals surface area contributed by atoms with E-state index in [9.17, 15) is 8.78 Å². The fraction of sp³-hybridized carbons (Fsp3) is 0.0800. The number of benzene rings is 9. The van der Waals surface area contributed by atoms with E-state index < -0.39 is 0 Å². The lowest BCUT2D eigenvalue weighted by molar-refractivity contribution is 0.591. The molecule has 0 unspecified atom stereocenters. The van der Waals surface area contributed by atoms with E-state index in [-0.39, 0.29) is 17.0 Å². The average Bonchev–Trinajstić information content (AvgIpc) is 3.16. The molecule has 0 heterocycles. The first-order valence-electron chi connectivity index (χ1n) is 17.8. The molecule has 0 bridgehead atoms. The molecule has 0 aliphatic heterocycles. The van der Waals surface area contributed by atoms with Gasteiger partial charge in [-0.15, -0.1) is 0 Å². The minimum absolute atomic E-state index is 0.135. The Morgan fingerprint density at radius 2 is 0.558 bits per heavy atom.